The van der Waals surface area contributed by atoms with Crippen LogP contribution in [0.5, 0.6) is 11.6 Å². The minimum absolute atomic E-state index is 0.110. The molecule has 142 valence electrons. The Labute approximate surface area is 161 Å². The molecule has 2 N–H and O–H groups in total. The lowest BCUT2D eigenvalue weighted by molar-refractivity contribution is -0.119. The SMILES string of the molecule is CC(=O)NCc1ccc(C(=O)Nc2ccc(Oc3ccc(F)cc3)nc2)cc1. The van der Waals surface area contributed by atoms with Gasteiger partial charge in [0.1, 0.15) is 11.6 Å². The Kier molecular flexibility index (Phi) is 5.96. The van der Waals surface area contributed by atoms with Crippen LogP contribution in [0.15, 0.2) is 66.9 Å². The smallest absolute Gasteiger partial charge is 0.255 e. The number of amides is 2. The molecule has 0 fully saturated rings. The Bertz CT molecular complexity index is 956. The Hall–Kier alpha value is -3.74. The van der Waals surface area contributed by atoms with Crippen molar-refractivity contribution in [2.24, 2.45) is 0 Å². The third-order valence-corrected chi connectivity index (χ3v) is 3.79. The van der Waals surface area contributed by atoms with E-state index >= 15 is 0 Å². The van der Waals surface area contributed by atoms with Crippen molar-refractivity contribution in [3.63, 3.8) is 0 Å². The molecule has 0 radical (unpaired) electrons. The highest BCUT2D eigenvalue weighted by molar-refractivity contribution is 6.04. The van der Waals surface area contributed by atoms with E-state index in [-0.39, 0.29) is 17.6 Å². The lowest BCUT2D eigenvalue weighted by atomic mass is 10.1. The quantitative estimate of drug-likeness (QED) is 0.681. The molecule has 0 bridgehead atoms. The molecule has 0 aliphatic heterocycles. The molecule has 0 atom stereocenters. The number of halogens is 1. The van der Waals surface area contributed by atoms with Crippen LogP contribution in [-0.4, -0.2) is 16.8 Å². The maximum absolute atomic E-state index is 12.9. The van der Waals surface area contributed by atoms with Crippen molar-refractivity contribution >= 4 is 17.5 Å². The summed E-state index contributed by atoms with van der Waals surface area (Å²) in [6.45, 7) is 1.86. The van der Waals surface area contributed by atoms with Gasteiger partial charge in [0.2, 0.25) is 11.8 Å². The fourth-order valence-electron chi connectivity index (χ4n) is 2.34. The maximum Gasteiger partial charge on any atom is 0.255 e. The number of rotatable bonds is 6. The molecule has 0 saturated carbocycles. The number of aromatic nitrogens is 1. The van der Waals surface area contributed by atoms with Crippen LogP contribution in [0.2, 0.25) is 0 Å². The van der Waals surface area contributed by atoms with Gasteiger partial charge in [-0.1, -0.05) is 12.1 Å². The summed E-state index contributed by atoms with van der Waals surface area (Å²) in [5.74, 6) is 0.0553. The Morgan fingerprint density at radius 2 is 1.71 bits per heavy atom. The number of benzene rings is 2. The molecule has 6 nitrogen and oxygen atoms in total. The van der Waals surface area contributed by atoms with E-state index in [1.807, 2.05) is 0 Å². The third kappa shape index (κ3) is 5.38. The Morgan fingerprint density at radius 1 is 1.00 bits per heavy atom. The first-order valence-electron chi connectivity index (χ1n) is 8.54. The Balaban J connectivity index is 1.58. The zero-order chi connectivity index (χ0) is 19.9. The van der Waals surface area contributed by atoms with Crippen molar-refractivity contribution < 1.29 is 18.7 Å². The van der Waals surface area contributed by atoms with Crippen LogP contribution in [0.3, 0.4) is 0 Å². The van der Waals surface area contributed by atoms with Gasteiger partial charge in [0.05, 0.1) is 11.9 Å². The van der Waals surface area contributed by atoms with E-state index in [1.165, 1.54) is 37.4 Å². The van der Waals surface area contributed by atoms with Gasteiger partial charge in [-0.25, -0.2) is 9.37 Å². The first-order valence-corrected chi connectivity index (χ1v) is 8.54. The van der Waals surface area contributed by atoms with E-state index in [4.69, 9.17) is 4.74 Å². The van der Waals surface area contributed by atoms with Crippen molar-refractivity contribution in [1.82, 2.24) is 10.3 Å². The summed E-state index contributed by atoms with van der Waals surface area (Å²) >= 11 is 0. The molecule has 0 aliphatic rings. The highest BCUT2D eigenvalue weighted by Gasteiger charge is 2.07. The molecule has 3 aromatic rings. The monoisotopic (exact) mass is 379 g/mol. The molecule has 0 unspecified atom stereocenters. The second kappa shape index (κ2) is 8.77. The van der Waals surface area contributed by atoms with Crippen LogP contribution >= 0.6 is 0 Å². The van der Waals surface area contributed by atoms with Gasteiger partial charge < -0.3 is 15.4 Å². The van der Waals surface area contributed by atoms with Gasteiger partial charge in [-0.3, -0.25) is 9.59 Å². The second-order valence-corrected chi connectivity index (χ2v) is 6.00. The van der Waals surface area contributed by atoms with Gasteiger partial charge in [-0.15, -0.1) is 0 Å². The summed E-state index contributed by atoms with van der Waals surface area (Å²) < 4.78 is 18.4. The zero-order valence-corrected chi connectivity index (χ0v) is 15.1. The van der Waals surface area contributed by atoms with Gasteiger partial charge in [0.25, 0.3) is 5.91 Å². The molecule has 0 spiro atoms. The number of nitrogens with one attached hydrogen (secondary N) is 2. The molecule has 2 amide bonds. The predicted octanol–water partition coefficient (Wildman–Crippen LogP) is 3.90. The predicted molar refractivity (Wildman–Crippen MR) is 103 cm³/mol. The molecule has 0 saturated heterocycles. The van der Waals surface area contributed by atoms with Crippen LogP contribution in [0.4, 0.5) is 10.1 Å². The fraction of sp³-hybridized carbons (Fsp3) is 0.0952. The number of carbonyl (C=O) groups excluding carboxylic acids is 2. The normalized spacial score (nSPS) is 10.2. The maximum atomic E-state index is 12.9. The van der Waals surface area contributed by atoms with Crippen LogP contribution < -0.4 is 15.4 Å². The zero-order valence-electron chi connectivity index (χ0n) is 15.1. The highest BCUT2D eigenvalue weighted by Crippen LogP contribution is 2.21. The van der Waals surface area contributed by atoms with Crippen LogP contribution in [0, 0.1) is 5.82 Å². The average Bonchev–Trinajstić information content (AvgIpc) is 2.70. The van der Waals surface area contributed by atoms with Gasteiger partial charge in [-0.2, -0.15) is 0 Å². The van der Waals surface area contributed by atoms with Gasteiger partial charge in [0.15, 0.2) is 0 Å². The first kappa shape index (κ1) is 19.0. The minimum Gasteiger partial charge on any atom is -0.439 e. The Morgan fingerprint density at radius 3 is 2.32 bits per heavy atom. The van der Waals surface area contributed by atoms with Crippen LogP contribution in [0.25, 0.3) is 0 Å². The number of pyridine rings is 1. The van der Waals surface area contributed by atoms with Crippen LogP contribution in [0.1, 0.15) is 22.8 Å². The van der Waals surface area contributed by atoms with E-state index in [9.17, 15) is 14.0 Å². The summed E-state index contributed by atoms with van der Waals surface area (Å²) in [5.41, 5.74) is 1.90. The molecule has 7 heteroatoms. The summed E-state index contributed by atoms with van der Waals surface area (Å²) in [6, 6.07) is 15.8. The number of nitrogens with zero attached hydrogens (tertiary/aromatic N) is 1. The number of hydrogen-bond donors (Lipinski definition) is 2. The lowest BCUT2D eigenvalue weighted by Gasteiger charge is -2.08. The molecule has 2 aromatic carbocycles. The van der Waals surface area contributed by atoms with Gasteiger partial charge in [0, 0.05) is 25.1 Å². The topological polar surface area (TPSA) is 80.3 Å². The van der Waals surface area contributed by atoms with Crippen molar-refractivity contribution in [2.75, 3.05) is 5.32 Å². The van der Waals surface area contributed by atoms with E-state index in [0.717, 1.165) is 5.56 Å². The minimum atomic E-state index is -0.346. The molecular weight excluding hydrogens is 361 g/mol. The molecule has 0 aliphatic carbocycles. The van der Waals surface area contributed by atoms with Crippen LogP contribution in [-0.2, 0) is 11.3 Å². The number of ether oxygens (including phenoxy) is 1. The summed E-state index contributed by atoms with van der Waals surface area (Å²) in [6.07, 6.45) is 1.47. The van der Waals surface area contributed by atoms with Crippen molar-refractivity contribution in [1.29, 1.82) is 0 Å². The summed E-state index contributed by atoms with van der Waals surface area (Å²) in [5, 5.41) is 5.45. The highest BCUT2D eigenvalue weighted by atomic mass is 19.1. The van der Waals surface area contributed by atoms with E-state index in [0.29, 0.717) is 29.4 Å². The van der Waals surface area contributed by atoms with Gasteiger partial charge >= 0.3 is 0 Å². The van der Waals surface area contributed by atoms with Gasteiger partial charge in [-0.05, 0) is 48.0 Å². The first-order chi connectivity index (χ1) is 13.5. The number of carbonyl (C=O) groups is 2. The summed E-state index contributed by atoms with van der Waals surface area (Å²) in [4.78, 5) is 27.4. The average molecular weight is 379 g/mol. The molecule has 1 heterocycles. The van der Waals surface area contributed by atoms with E-state index in [1.54, 1.807) is 36.4 Å². The fourth-order valence-corrected chi connectivity index (χ4v) is 2.34. The number of anilines is 1. The number of hydrogen-bond acceptors (Lipinski definition) is 4. The molecule has 1 aromatic heterocycles. The van der Waals surface area contributed by atoms with E-state index < -0.39 is 0 Å². The molecule has 28 heavy (non-hydrogen) atoms. The van der Waals surface area contributed by atoms with E-state index in [2.05, 4.69) is 15.6 Å². The van der Waals surface area contributed by atoms with Crippen molar-refractivity contribution in [2.45, 2.75) is 13.5 Å². The third-order valence-electron chi connectivity index (χ3n) is 3.79. The van der Waals surface area contributed by atoms with Crippen molar-refractivity contribution in [3.05, 3.63) is 83.8 Å². The lowest BCUT2D eigenvalue weighted by Crippen LogP contribution is -2.19. The molecular formula is C21H18FN3O3. The molecule has 3 rings (SSSR count). The summed E-state index contributed by atoms with van der Waals surface area (Å²) in [7, 11) is 0. The second-order valence-electron chi connectivity index (χ2n) is 6.00. The standard InChI is InChI=1S/C21H18FN3O3/c1-14(26)23-12-15-2-4-16(5-3-15)21(27)25-18-8-11-20(24-13-18)28-19-9-6-17(22)7-10-19/h2-11,13H,12H2,1H3,(H,23,26)(H,25,27). The largest absolute Gasteiger partial charge is 0.439 e. The van der Waals surface area contributed by atoms with Crippen molar-refractivity contribution in [3.8, 4) is 11.6 Å².